The minimum absolute atomic E-state index is 0.0146. The second-order valence-electron chi connectivity index (χ2n) is 5.93. The molecule has 3 rings (SSSR count). The van der Waals surface area contributed by atoms with E-state index >= 15 is 0 Å². The zero-order valence-electron chi connectivity index (χ0n) is 14.7. The Labute approximate surface area is 170 Å². The zero-order chi connectivity index (χ0) is 19.9. The molecule has 138 valence electrons. The summed E-state index contributed by atoms with van der Waals surface area (Å²) in [5, 5.41) is 20.3. The summed E-state index contributed by atoms with van der Waals surface area (Å²) in [6.07, 6.45) is 1.72. The van der Waals surface area contributed by atoms with Gasteiger partial charge in [-0.3, -0.25) is 10.1 Å². The molecule has 0 unspecified atom stereocenters. The van der Waals surface area contributed by atoms with Crippen molar-refractivity contribution in [2.24, 2.45) is 0 Å². The lowest BCUT2D eigenvalue weighted by Crippen LogP contribution is -1.97. The molecule has 0 heterocycles. The van der Waals surface area contributed by atoms with Crippen LogP contribution in [-0.2, 0) is 6.61 Å². The Hall–Kier alpha value is -3.43. The number of nitro benzene ring substituents is 1. The molecular formula is C22H15BrN2O3. The van der Waals surface area contributed by atoms with E-state index in [4.69, 9.17) is 4.74 Å². The van der Waals surface area contributed by atoms with Gasteiger partial charge in [-0.15, -0.1) is 0 Å². The monoisotopic (exact) mass is 434 g/mol. The van der Waals surface area contributed by atoms with Gasteiger partial charge in [0.1, 0.15) is 12.4 Å². The zero-order valence-corrected chi connectivity index (χ0v) is 16.3. The first-order valence-corrected chi connectivity index (χ1v) is 9.19. The molecule has 0 aliphatic rings. The molecule has 28 heavy (non-hydrogen) atoms. The molecule has 0 radical (unpaired) electrons. The fraction of sp³-hybridized carbons (Fsp3) is 0.0455. The summed E-state index contributed by atoms with van der Waals surface area (Å²) in [5.41, 5.74) is 2.78. The van der Waals surface area contributed by atoms with Crippen molar-refractivity contribution < 1.29 is 9.66 Å². The Balaban J connectivity index is 1.84. The average molecular weight is 435 g/mol. The average Bonchev–Trinajstić information content (AvgIpc) is 2.72. The van der Waals surface area contributed by atoms with Gasteiger partial charge < -0.3 is 4.74 Å². The number of ether oxygens (including phenoxy) is 1. The van der Waals surface area contributed by atoms with E-state index in [1.165, 1.54) is 12.1 Å². The Morgan fingerprint density at radius 3 is 2.39 bits per heavy atom. The molecule has 0 amide bonds. The van der Waals surface area contributed by atoms with Crippen LogP contribution in [0.25, 0.3) is 11.6 Å². The largest absolute Gasteiger partial charge is 0.488 e. The van der Waals surface area contributed by atoms with Gasteiger partial charge in [-0.25, -0.2) is 0 Å². The van der Waals surface area contributed by atoms with Crippen LogP contribution in [0.5, 0.6) is 5.75 Å². The number of benzene rings is 3. The lowest BCUT2D eigenvalue weighted by Gasteiger charge is -2.10. The van der Waals surface area contributed by atoms with Crippen LogP contribution in [0.15, 0.2) is 77.3 Å². The van der Waals surface area contributed by atoms with E-state index in [0.29, 0.717) is 23.5 Å². The quantitative estimate of drug-likeness (QED) is 0.206. The van der Waals surface area contributed by atoms with Crippen LogP contribution in [-0.4, -0.2) is 4.92 Å². The van der Waals surface area contributed by atoms with Gasteiger partial charge in [0, 0.05) is 22.2 Å². The molecule has 0 bridgehead atoms. The van der Waals surface area contributed by atoms with Gasteiger partial charge in [0.15, 0.2) is 0 Å². The van der Waals surface area contributed by atoms with Crippen LogP contribution in [0.3, 0.4) is 0 Å². The number of nitro groups is 1. The van der Waals surface area contributed by atoms with E-state index in [0.717, 1.165) is 15.6 Å². The smallest absolute Gasteiger partial charge is 0.269 e. The number of allylic oxidation sites excluding steroid dienone is 1. The summed E-state index contributed by atoms with van der Waals surface area (Å²) in [6, 6.07) is 23.3. The number of hydrogen-bond donors (Lipinski definition) is 0. The van der Waals surface area contributed by atoms with E-state index < -0.39 is 4.92 Å². The maximum atomic E-state index is 10.8. The summed E-state index contributed by atoms with van der Waals surface area (Å²) in [5.74, 6) is 0.653. The van der Waals surface area contributed by atoms with E-state index in [1.807, 2.05) is 48.5 Å². The molecule has 0 spiro atoms. The predicted molar refractivity (Wildman–Crippen MR) is 111 cm³/mol. The molecule has 5 nitrogen and oxygen atoms in total. The molecule has 0 fully saturated rings. The molecule has 0 aromatic heterocycles. The molecule has 3 aromatic carbocycles. The summed E-state index contributed by atoms with van der Waals surface area (Å²) in [6.45, 7) is 0.400. The molecule has 0 N–H and O–H groups in total. The molecule has 0 atom stereocenters. The molecule has 0 aliphatic heterocycles. The van der Waals surface area contributed by atoms with Crippen LogP contribution >= 0.6 is 15.9 Å². The van der Waals surface area contributed by atoms with Crippen molar-refractivity contribution in [1.82, 2.24) is 0 Å². The fourth-order valence-electron chi connectivity index (χ4n) is 2.57. The van der Waals surface area contributed by atoms with Crippen LogP contribution < -0.4 is 4.74 Å². The van der Waals surface area contributed by atoms with Gasteiger partial charge >= 0.3 is 0 Å². The van der Waals surface area contributed by atoms with Crippen molar-refractivity contribution in [2.75, 3.05) is 0 Å². The maximum Gasteiger partial charge on any atom is 0.269 e. The molecule has 0 saturated carbocycles. The first kappa shape index (κ1) is 19.3. The van der Waals surface area contributed by atoms with Crippen LogP contribution in [0.4, 0.5) is 5.69 Å². The number of non-ortho nitro benzene ring substituents is 1. The lowest BCUT2D eigenvalue weighted by molar-refractivity contribution is -0.384. The van der Waals surface area contributed by atoms with Crippen LogP contribution in [0, 0.1) is 21.4 Å². The minimum Gasteiger partial charge on any atom is -0.488 e. The third-order valence-electron chi connectivity index (χ3n) is 4.04. The van der Waals surface area contributed by atoms with Gasteiger partial charge in [-0.05, 0) is 47.5 Å². The normalized spacial score (nSPS) is 10.9. The fourth-order valence-corrected chi connectivity index (χ4v) is 2.84. The number of para-hydroxylation sites is 1. The number of hydrogen-bond acceptors (Lipinski definition) is 4. The molecular weight excluding hydrogens is 420 g/mol. The van der Waals surface area contributed by atoms with Crippen LogP contribution in [0.2, 0.25) is 0 Å². The van der Waals surface area contributed by atoms with E-state index in [1.54, 1.807) is 18.2 Å². The van der Waals surface area contributed by atoms with E-state index in [-0.39, 0.29) is 5.69 Å². The SMILES string of the molecule is N#CC(=Cc1ccccc1OCc1ccc(Br)cc1)c1ccc([N+](=O)[O-])cc1. The third kappa shape index (κ3) is 4.84. The van der Waals surface area contributed by atoms with Crippen LogP contribution in [0.1, 0.15) is 16.7 Å². The Morgan fingerprint density at radius 2 is 1.75 bits per heavy atom. The van der Waals surface area contributed by atoms with Crippen molar-refractivity contribution in [1.29, 1.82) is 5.26 Å². The Bertz CT molecular complexity index is 1050. The Kier molecular flexibility index (Phi) is 6.20. The number of nitrogens with zero attached hydrogens (tertiary/aromatic N) is 2. The highest BCUT2D eigenvalue weighted by Gasteiger charge is 2.09. The number of halogens is 1. The summed E-state index contributed by atoms with van der Waals surface area (Å²) in [7, 11) is 0. The molecule has 3 aromatic rings. The highest BCUT2D eigenvalue weighted by atomic mass is 79.9. The third-order valence-corrected chi connectivity index (χ3v) is 4.56. The predicted octanol–water partition coefficient (Wildman–Crippen LogP) is 6.00. The van der Waals surface area contributed by atoms with Crippen molar-refractivity contribution in [2.45, 2.75) is 6.61 Å². The van der Waals surface area contributed by atoms with Crippen molar-refractivity contribution in [3.05, 3.63) is 104 Å². The van der Waals surface area contributed by atoms with Gasteiger partial charge in [0.2, 0.25) is 0 Å². The summed E-state index contributed by atoms with van der Waals surface area (Å²) >= 11 is 3.41. The van der Waals surface area contributed by atoms with Gasteiger partial charge in [-0.1, -0.05) is 46.3 Å². The Morgan fingerprint density at radius 1 is 1.07 bits per heavy atom. The maximum absolute atomic E-state index is 10.8. The molecule has 0 aliphatic carbocycles. The second kappa shape index (κ2) is 8.98. The number of rotatable bonds is 6. The standard InChI is InChI=1S/C22H15BrN2O3/c23-20-9-5-16(6-10-20)15-28-22-4-2-1-3-18(22)13-19(14-24)17-7-11-21(12-8-17)25(26)27/h1-13H,15H2. The summed E-state index contributed by atoms with van der Waals surface area (Å²) < 4.78 is 6.94. The molecule has 6 heteroatoms. The first-order valence-electron chi connectivity index (χ1n) is 8.40. The summed E-state index contributed by atoms with van der Waals surface area (Å²) in [4.78, 5) is 10.3. The van der Waals surface area contributed by atoms with Crippen molar-refractivity contribution in [3.63, 3.8) is 0 Å². The number of nitriles is 1. The van der Waals surface area contributed by atoms with Crippen molar-refractivity contribution in [3.8, 4) is 11.8 Å². The topological polar surface area (TPSA) is 76.2 Å². The lowest BCUT2D eigenvalue weighted by atomic mass is 10.0. The van der Waals surface area contributed by atoms with Crippen molar-refractivity contribution >= 4 is 33.3 Å². The highest BCUT2D eigenvalue weighted by Crippen LogP contribution is 2.26. The minimum atomic E-state index is -0.467. The van der Waals surface area contributed by atoms with E-state index in [2.05, 4.69) is 22.0 Å². The van der Waals surface area contributed by atoms with E-state index in [9.17, 15) is 15.4 Å². The highest BCUT2D eigenvalue weighted by molar-refractivity contribution is 9.10. The first-order chi connectivity index (χ1) is 13.6. The van der Waals surface area contributed by atoms with Gasteiger partial charge in [-0.2, -0.15) is 5.26 Å². The molecule has 0 saturated heterocycles. The van der Waals surface area contributed by atoms with Gasteiger partial charge in [0.25, 0.3) is 5.69 Å². The second-order valence-corrected chi connectivity index (χ2v) is 6.84. The van der Waals surface area contributed by atoms with Gasteiger partial charge in [0.05, 0.1) is 16.6 Å².